The molecule has 0 spiro atoms. The molecule has 0 amide bonds. The number of carboxylic acid groups (broad SMARTS) is 1. The van der Waals surface area contributed by atoms with Crippen molar-refractivity contribution in [3.05, 3.63) is 81.6 Å². The lowest BCUT2D eigenvalue weighted by molar-refractivity contribution is 0.0691. The molecule has 3 aromatic rings. The van der Waals surface area contributed by atoms with Crippen molar-refractivity contribution < 1.29 is 19.4 Å². The van der Waals surface area contributed by atoms with Crippen LogP contribution in [0.4, 0.5) is 11.4 Å². The van der Waals surface area contributed by atoms with E-state index in [-0.39, 0.29) is 22.7 Å². The Morgan fingerprint density at radius 3 is 2.53 bits per heavy atom. The number of pyridine rings is 1. The average molecular weight is 478 g/mol. The minimum Gasteiger partial charge on any atom is -0.497 e. The van der Waals surface area contributed by atoms with E-state index in [0.717, 1.165) is 22.4 Å². The fourth-order valence-corrected chi connectivity index (χ4v) is 4.27. The van der Waals surface area contributed by atoms with Crippen molar-refractivity contribution in [1.29, 1.82) is 0 Å². The number of Topliss-reactive ketones (excluding diaryl/α,β-unsaturated/α-hetero) is 1. The third-order valence-corrected chi connectivity index (χ3v) is 6.08. The predicted octanol–water partition coefficient (Wildman–Crippen LogP) is 5.88. The number of fused-ring (bicyclic) bond motifs is 1. The first-order valence-corrected chi connectivity index (χ1v) is 11.2. The number of carbonyl (C=O) groups is 2. The van der Waals surface area contributed by atoms with E-state index in [2.05, 4.69) is 10.3 Å². The van der Waals surface area contributed by atoms with Gasteiger partial charge in [0.15, 0.2) is 11.5 Å². The van der Waals surface area contributed by atoms with Crippen LogP contribution in [0.5, 0.6) is 5.75 Å². The minimum atomic E-state index is -1.19. The van der Waals surface area contributed by atoms with Crippen molar-refractivity contribution in [1.82, 2.24) is 4.98 Å². The van der Waals surface area contributed by atoms with E-state index in [1.807, 2.05) is 57.2 Å². The first-order chi connectivity index (χ1) is 16.2. The summed E-state index contributed by atoms with van der Waals surface area (Å²) in [4.78, 5) is 33.9. The van der Waals surface area contributed by atoms with Gasteiger partial charge in [0.2, 0.25) is 0 Å². The highest BCUT2D eigenvalue weighted by Gasteiger charge is 2.31. The van der Waals surface area contributed by atoms with Gasteiger partial charge >= 0.3 is 5.97 Å². The van der Waals surface area contributed by atoms with Crippen LogP contribution < -0.4 is 10.1 Å². The fourth-order valence-electron chi connectivity index (χ4n) is 4.13. The number of ether oxygens (including phenoxy) is 1. The number of nitrogens with zero attached hydrogens (tertiary/aromatic N) is 2. The molecule has 1 aliphatic rings. The number of nitrogens with one attached hydrogen (secondary N) is 1. The molecule has 0 fully saturated rings. The molecule has 0 saturated carbocycles. The molecule has 2 aromatic carbocycles. The van der Waals surface area contributed by atoms with Crippen molar-refractivity contribution in [2.75, 3.05) is 12.4 Å². The minimum absolute atomic E-state index is 0.00708. The lowest BCUT2D eigenvalue weighted by Gasteiger charge is -2.26. The number of anilines is 1. The van der Waals surface area contributed by atoms with Crippen LogP contribution in [0.1, 0.15) is 57.4 Å². The van der Waals surface area contributed by atoms with Crippen molar-refractivity contribution in [3.63, 3.8) is 0 Å². The Balaban J connectivity index is 1.80. The number of rotatable bonds is 6. The highest BCUT2D eigenvalue weighted by molar-refractivity contribution is 6.29. The molecule has 174 valence electrons. The number of halogens is 1. The van der Waals surface area contributed by atoms with E-state index in [1.165, 1.54) is 6.07 Å². The molecule has 0 aliphatic carbocycles. The molecule has 8 heteroatoms. The van der Waals surface area contributed by atoms with Gasteiger partial charge in [0, 0.05) is 11.1 Å². The van der Waals surface area contributed by atoms with Crippen molar-refractivity contribution in [2.24, 2.45) is 10.9 Å². The highest BCUT2D eigenvalue weighted by atomic mass is 35.5. The van der Waals surface area contributed by atoms with Gasteiger partial charge in [-0.15, -0.1) is 0 Å². The fraction of sp³-hybridized carbons (Fsp3) is 0.231. The first kappa shape index (κ1) is 23.4. The summed E-state index contributed by atoms with van der Waals surface area (Å²) in [6, 6.07) is 14.0. The number of hydrogen-bond acceptors (Lipinski definition) is 6. The van der Waals surface area contributed by atoms with Crippen LogP contribution >= 0.6 is 11.6 Å². The van der Waals surface area contributed by atoms with Crippen LogP contribution in [-0.2, 0) is 0 Å². The van der Waals surface area contributed by atoms with E-state index < -0.39 is 11.9 Å². The number of aliphatic imine (C=N–C) groups is 1. The molecule has 1 unspecified atom stereocenters. The summed E-state index contributed by atoms with van der Waals surface area (Å²) in [5.41, 5.74) is 4.51. The van der Waals surface area contributed by atoms with Crippen LogP contribution in [0.25, 0.3) is 0 Å². The maximum Gasteiger partial charge on any atom is 0.356 e. The number of aryl methyl sites for hydroxylation is 1. The summed E-state index contributed by atoms with van der Waals surface area (Å²) >= 11 is 5.89. The summed E-state index contributed by atoms with van der Waals surface area (Å²) in [6.45, 7) is 5.67. The van der Waals surface area contributed by atoms with Gasteiger partial charge in [-0.2, -0.15) is 0 Å². The molecule has 1 aromatic heterocycles. The largest absolute Gasteiger partial charge is 0.497 e. The molecule has 2 N–H and O–H groups in total. The second-order valence-electron chi connectivity index (χ2n) is 8.26. The number of carbonyl (C=O) groups excluding carboxylic acids is 1. The first-order valence-electron chi connectivity index (χ1n) is 10.8. The van der Waals surface area contributed by atoms with Crippen LogP contribution in [0, 0.1) is 12.8 Å². The highest BCUT2D eigenvalue weighted by Crippen LogP contribution is 2.39. The number of methoxy groups -OCH3 is 1. The molecule has 2 atom stereocenters. The Morgan fingerprint density at radius 2 is 1.88 bits per heavy atom. The number of carboxylic acids is 1. The van der Waals surface area contributed by atoms with E-state index in [0.29, 0.717) is 22.6 Å². The van der Waals surface area contributed by atoms with Gasteiger partial charge in [0.05, 0.1) is 36.2 Å². The summed E-state index contributed by atoms with van der Waals surface area (Å²) in [6.07, 6.45) is 0. The number of aromatic carboxylic acids is 1. The van der Waals surface area contributed by atoms with Crippen molar-refractivity contribution in [2.45, 2.75) is 26.8 Å². The van der Waals surface area contributed by atoms with Crippen LogP contribution in [-0.4, -0.2) is 34.7 Å². The number of ketones is 1. The Kier molecular flexibility index (Phi) is 6.39. The molecule has 0 bridgehead atoms. The third kappa shape index (κ3) is 4.39. The lowest BCUT2D eigenvalue weighted by atomic mass is 9.84. The van der Waals surface area contributed by atoms with Crippen LogP contribution in [0.15, 0.2) is 53.5 Å². The Labute approximate surface area is 202 Å². The van der Waals surface area contributed by atoms with E-state index in [1.54, 1.807) is 13.2 Å². The third-order valence-electron chi connectivity index (χ3n) is 5.87. The Morgan fingerprint density at radius 1 is 1.18 bits per heavy atom. The molecule has 4 rings (SSSR count). The summed E-state index contributed by atoms with van der Waals surface area (Å²) < 4.78 is 5.24. The predicted molar refractivity (Wildman–Crippen MR) is 132 cm³/mol. The van der Waals surface area contributed by atoms with Crippen LogP contribution in [0.2, 0.25) is 5.15 Å². The van der Waals surface area contributed by atoms with Crippen molar-refractivity contribution >= 4 is 40.4 Å². The van der Waals surface area contributed by atoms with Gasteiger partial charge in [-0.25, -0.2) is 9.78 Å². The lowest BCUT2D eigenvalue weighted by Crippen LogP contribution is -2.26. The normalized spacial score (nSPS) is 15.9. The van der Waals surface area contributed by atoms with Crippen molar-refractivity contribution in [3.8, 4) is 5.75 Å². The SMILES string of the molecule is COc1ccc(C2=Nc3c(cc(C)cc3[C@@H](C)Nc3ccc(Cl)nc3C(=O)O)C(=O)C2C)cc1. The second kappa shape index (κ2) is 9.27. The second-order valence-corrected chi connectivity index (χ2v) is 8.65. The maximum absolute atomic E-state index is 13.4. The topological polar surface area (TPSA) is 101 Å². The summed E-state index contributed by atoms with van der Waals surface area (Å²) in [5, 5.41) is 12.8. The molecular weight excluding hydrogens is 454 g/mol. The summed E-state index contributed by atoms with van der Waals surface area (Å²) in [7, 11) is 1.60. The van der Waals surface area contributed by atoms with E-state index in [9.17, 15) is 14.7 Å². The van der Waals surface area contributed by atoms with Gasteiger partial charge in [-0.1, -0.05) is 17.7 Å². The monoisotopic (exact) mass is 477 g/mol. The average Bonchev–Trinajstić information content (AvgIpc) is 2.82. The number of aromatic nitrogens is 1. The molecule has 34 heavy (non-hydrogen) atoms. The van der Waals surface area contributed by atoms with Gasteiger partial charge < -0.3 is 15.2 Å². The van der Waals surface area contributed by atoms with Gasteiger partial charge in [-0.05, 0) is 74.4 Å². The van der Waals surface area contributed by atoms with Gasteiger partial charge in [-0.3, -0.25) is 9.79 Å². The van der Waals surface area contributed by atoms with Gasteiger partial charge in [0.1, 0.15) is 10.9 Å². The van der Waals surface area contributed by atoms with E-state index >= 15 is 0 Å². The Bertz CT molecular complexity index is 1320. The zero-order chi connectivity index (χ0) is 24.6. The number of benzene rings is 2. The van der Waals surface area contributed by atoms with Gasteiger partial charge in [0.25, 0.3) is 0 Å². The number of hydrogen-bond donors (Lipinski definition) is 2. The molecule has 0 radical (unpaired) electrons. The quantitative estimate of drug-likeness (QED) is 0.430. The smallest absolute Gasteiger partial charge is 0.356 e. The molecule has 7 nitrogen and oxygen atoms in total. The summed E-state index contributed by atoms with van der Waals surface area (Å²) in [5.74, 6) is -0.878. The zero-order valence-corrected chi connectivity index (χ0v) is 20.0. The maximum atomic E-state index is 13.4. The molecule has 2 heterocycles. The Hall–Kier alpha value is -3.71. The standard InChI is InChI=1S/C26H24ClN3O4/c1-13-11-18(15(3)28-20-9-10-21(27)29-24(20)26(32)33)23-19(12-13)25(31)14(2)22(30-23)16-5-7-17(34-4)8-6-16/h5-12,14-15,28H,1-4H3,(H,32,33)/t14?,15-/m1/s1. The van der Waals surface area contributed by atoms with E-state index in [4.69, 9.17) is 21.3 Å². The molecular formula is C26H24ClN3O4. The molecule has 1 aliphatic heterocycles. The molecule has 0 saturated heterocycles. The zero-order valence-electron chi connectivity index (χ0n) is 19.2. The van der Waals surface area contributed by atoms with Crippen LogP contribution in [0.3, 0.4) is 0 Å².